The van der Waals surface area contributed by atoms with E-state index in [1.807, 2.05) is 0 Å². The highest BCUT2D eigenvalue weighted by atomic mass is 16.4. The molecule has 0 aromatic heterocycles. The van der Waals surface area contributed by atoms with E-state index >= 15 is 0 Å². The summed E-state index contributed by atoms with van der Waals surface area (Å²) in [6, 6.07) is 11.5. The highest BCUT2D eigenvalue weighted by Gasteiger charge is 1.99. The molecule has 2 rings (SSSR count). The number of hydrogen-bond acceptors (Lipinski definition) is 3. The highest BCUT2D eigenvalue weighted by Crippen LogP contribution is 2.22. The number of aromatic hydroxyl groups is 2. The third-order valence-corrected chi connectivity index (χ3v) is 2.82. The fraction of sp³-hybridized carbons (Fsp3) is 0. The highest BCUT2D eigenvalue weighted by molar-refractivity contribution is 5.85. The molecule has 2 aromatic rings. The van der Waals surface area contributed by atoms with Crippen molar-refractivity contribution in [2.45, 2.75) is 0 Å². The standard InChI is InChI=1S/C17H14O4/c18-15-7-2-12(3-8-15)1-6-14-11-13(4-9-16(14)19)5-10-17(20)21/h1-11,18-19H,(H,20,21)/b6-1+,10-5+. The van der Waals surface area contributed by atoms with E-state index in [9.17, 15) is 15.0 Å². The van der Waals surface area contributed by atoms with Crippen LogP contribution in [0.4, 0.5) is 0 Å². The van der Waals surface area contributed by atoms with Gasteiger partial charge in [-0.2, -0.15) is 0 Å². The molecule has 0 saturated heterocycles. The molecule has 0 atom stereocenters. The second-order valence-electron chi connectivity index (χ2n) is 4.41. The molecule has 0 bridgehead atoms. The van der Waals surface area contributed by atoms with Crippen LogP contribution in [0.5, 0.6) is 11.5 Å². The molecular weight excluding hydrogens is 268 g/mol. The van der Waals surface area contributed by atoms with Gasteiger partial charge in [0.1, 0.15) is 11.5 Å². The molecule has 0 fully saturated rings. The number of rotatable bonds is 4. The zero-order valence-electron chi connectivity index (χ0n) is 11.1. The van der Waals surface area contributed by atoms with Crippen LogP contribution in [-0.4, -0.2) is 21.3 Å². The van der Waals surface area contributed by atoms with Crippen LogP contribution in [-0.2, 0) is 4.79 Å². The fourth-order valence-corrected chi connectivity index (χ4v) is 1.75. The Hall–Kier alpha value is -3.01. The lowest BCUT2D eigenvalue weighted by Gasteiger charge is -2.01. The Bertz CT molecular complexity index is 697. The minimum absolute atomic E-state index is 0.109. The first-order valence-corrected chi connectivity index (χ1v) is 6.26. The van der Waals surface area contributed by atoms with E-state index in [4.69, 9.17) is 5.11 Å². The smallest absolute Gasteiger partial charge is 0.328 e. The Morgan fingerprint density at radius 3 is 2.19 bits per heavy atom. The van der Waals surface area contributed by atoms with Gasteiger partial charge in [-0.1, -0.05) is 30.4 Å². The van der Waals surface area contributed by atoms with Crippen LogP contribution in [0.15, 0.2) is 48.5 Å². The maximum absolute atomic E-state index is 10.5. The number of phenolic OH excluding ortho intramolecular Hbond substituents is 2. The molecule has 0 saturated carbocycles. The van der Waals surface area contributed by atoms with Crippen molar-refractivity contribution in [3.05, 3.63) is 65.2 Å². The number of phenols is 2. The van der Waals surface area contributed by atoms with Crippen molar-refractivity contribution in [3.63, 3.8) is 0 Å². The second-order valence-corrected chi connectivity index (χ2v) is 4.41. The molecule has 0 aliphatic heterocycles. The molecule has 0 spiro atoms. The average Bonchev–Trinajstić information content (AvgIpc) is 2.46. The number of aliphatic carboxylic acids is 1. The van der Waals surface area contributed by atoms with Crippen molar-refractivity contribution in [3.8, 4) is 11.5 Å². The topological polar surface area (TPSA) is 77.8 Å². The van der Waals surface area contributed by atoms with Crippen LogP contribution in [0, 0.1) is 0 Å². The average molecular weight is 282 g/mol. The van der Waals surface area contributed by atoms with Gasteiger partial charge in [0.2, 0.25) is 0 Å². The molecule has 106 valence electrons. The zero-order chi connectivity index (χ0) is 15.2. The minimum atomic E-state index is -1.02. The summed E-state index contributed by atoms with van der Waals surface area (Å²) in [5, 5.41) is 27.6. The van der Waals surface area contributed by atoms with Gasteiger partial charge in [0.25, 0.3) is 0 Å². The number of hydrogen-bond donors (Lipinski definition) is 3. The molecule has 2 aromatic carbocycles. The van der Waals surface area contributed by atoms with Crippen LogP contribution >= 0.6 is 0 Å². The largest absolute Gasteiger partial charge is 0.508 e. The first-order valence-electron chi connectivity index (χ1n) is 6.26. The van der Waals surface area contributed by atoms with Crippen molar-refractivity contribution in [1.29, 1.82) is 0 Å². The van der Waals surface area contributed by atoms with Crippen molar-refractivity contribution in [2.24, 2.45) is 0 Å². The van der Waals surface area contributed by atoms with Crippen molar-refractivity contribution in [1.82, 2.24) is 0 Å². The summed E-state index contributed by atoms with van der Waals surface area (Å²) in [5.74, 6) is -0.724. The van der Waals surface area contributed by atoms with Gasteiger partial charge < -0.3 is 15.3 Å². The predicted molar refractivity (Wildman–Crippen MR) is 81.8 cm³/mol. The normalized spacial score (nSPS) is 11.2. The summed E-state index contributed by atoms with van der Waals surface area (Å²) < 4.78 is 0. The Morgan fingerprint density at radius 1 is 0.857 bits per heavy atom. The van der Waals surface area contributed by atoms with E-state index in [1.54, 1.807) is 48.6 Å². The van der Waals surface area contributed by atoms with Crippen LogP contribution in [0.3, 0.4) is 0 Å². The van der Waals surface area contributed by atoms with E-state index in [-0.39, 0.29) is 11.5 Å². The molecule has 0 radical (unpaired) electrons. The van der Waals surface area contributed by atoms with Crippen molar-refractivity contribution >= 4 is 24.2 Å². The SMILES string of the molecule is O=C(O)/C=C/c1ccc(O)c(/C=C/c2ccc(O)cc2)c1. The van der Waals surface area contributed by atoms with Crippen LogP contribution in [0.1, 0.15) is 16.7 Å². The first kappa shape index (κ1) is 14.4. The Labute approximate surface area is 121 Å². The quantitative estimate of drug-likeness (QED) is 0.593. The van der Waals surface area contributed by atoms with E-state index in [2.05, 4.69) is 0 Å². The monoisotopic (exact) mass is 282 g/mol. The summed E-state index contributed by atoms with van der Waals surface area (Å²) in [4.78, 5) is 10.5. The van der Waals surface area contributed by atoms with Gasteiger partial charge in [-0.15, -0.1) is 0 Å². The van der Waals surface area contributed by atoms with Gasteiger partial charge in [-0.3, -0.25) is 0 Å². The number of benzene rings is 2. The lowest BCUT2D eigenvalue weighted by Crippen LogP contribution is -1.86. The van der Waals surface area contributed by atoms with Gasteiger partial charge in [-0.25, -0.2) is 4.79 Å². The molecule has 0 aliphatic rings. The van der Waals surface area contributed by atoms with Crippen molar-refractivity contribution < 1.29 is 20.1 Å². The summed E-state index contributed by atoms with van der Waals surface area (Å²) in [6.07, 6.45) is 6.01. The molecule has 0 unspecified atom stereocenters. The molecule has 21 heavy (non-hydrogen) atoms. The fourth-order valence-electron chi connectivity index (χ4n) is 1.75. The first-order chi connectivity index (χ1) is 10.0. The third kappa shape index (κ3) is 4.24. The summed E-state index contributed by atoms with van der Waals surface area (Å²) in [7, 11) is 0. The van der Waals surface area contributed by atoms with Crippen LogP contribution in [0.2, 0.25) is 0 Å². The molecule has 4 nitrogen and oxygen atoms in total. The van der Waals surface area contributed by atoms with Crippen LogP contribution < -0.4 is 0 Å². The van der Waals surface area contributed by atoms with Gasteiger partial charge in [-0.05, 0) is 41.5 Å². The van der Waals surface area contributed by atoms with Gasteiger partial charge in [0.15, 0.2) is 0 Å². The Balaban J connectivity index is 2.24. The molecule has 4 heteroatoms. The van der Waals surface area contributed by atoms with E-state index in [0.29, 0.717) is 11.1 Å². The maximum atomic E-state index is 10.5. The maximum Gasteiger partial charge on any atom is 0.328 e. The molecular formula is C17H14O4. The second kappa shape index (κ2) is 6.43. The summed E-state index contributed by atoms with van der Waals surface area (Å²) in [6.45, 7) is 0. The number of carbonyl (C=O) groups is 1. The van der Waals surface area contributed by atoms with Gasteiger partial charge >= 0.3 is 5.97 Å². The molecule has 0 amide bonds. The zero-order valence-corrected chi connectivity index (χ0v) is 11.1. The summed E-state index contributed by atoms with van der Waals surface area (Å²) >= 11 is 0. The third-order valence-electron chi connectivity index (χ3n) is 2.82. The van der Waals surface area contributed by atoms with E-state index in [1.165, 1.54) is 12.1 Å². The Kier molecular flexibility index (Phi) is 4.41. The Morgan fingerprint density at radius 2 is 1.52 bits per heavy atom. The van der Waals surface area contributed by atoms with Crippen molar-refractivity contribution in [2.75, 3.05) is 0 Å². The number of carboxylic acid groups (broad SMARTS) is 1. The minimum Gasteiger partial charge on any atom is -0.508 e. The van der Waals surface area contributed by atoms with E-state index in [0.717, 1.165) is 11.6 Å². The van der Waals surface area contributed by atoms with Gasteiger partial charge in [0.05, 0.1) is 0 Å². The number of carboxylic acids is 1. The van der Waals surface area contributed by atoms with E-state index < -0.39 is 5.97 Å². The van der Waals surface area contributed by atoms with Gasteiger partial charge in [0, 0.05) is 11.6 Å². The summed E-state index contributed by atoms with van der Waals surface area (Å²) in [5.41, 5.74) is 2.13. The molecule has 3 N–H and O–H groups in total. The lowest BCUT2D eigenvalue weighted by atomic mass is 10.1. The molecule has 0 aliphatic carbocycles. The molecule has 0 heterocycles. The predicted octanol–water partition coefficient (Wildman–Crippen LogP) is 3.37. The lowest BCUT2D eigenvalue weighted by molar-refractivity contribution is -0.131. The van der Waals surface area contributed by atoms with Crippen LogP contribution in [0.25, 0.3) is 18.2 Å².